The van der Waals surface area contributed by atoms with Crippen LogP contribution in [0.5, 0.6) is 0 Å². The lowest BCUT2D eigenvalue weighted by molar-refractivity contribution is 0.0943. The number of aromatic nitrogens is 1. The molecule has 0 fully saturated rings. The molecule has 0 aromatic carbocycles. The smallest absolute Gasteiger partial charge is 0.269 e. The van der Waals surface area contributed by atoms with E-state index in [9.17, 15) is 4.79 Å². The zero-order valence-electron chi connectivity index (χ0n) is 8.53. The Morgan fingerprint density at radius 2 is 2.40 bits per heavy atom. The van der Waals surface area contributed by atoms with Crippen LogP contribution in [0.2, 0.25) is 0 Å². The van der Waals surface area contributed by atoms with Gasteiger partial charge in [-0.3, -0.25) is 4.79 Å². The summed E-state index contributed by atoms with van der Waals surface area (Å²) >= 11 is 3.26. The van der Waals surface area contributed by atoms with Gasteiger partial charge in [-0.15, -0.1) is 0 Å². The third-order valence-electron chi connectivity index (χ3n) is 1.97. The SMILES string of the molecule is CC(CN)CNC(=O)c1ccc(Br)cn1. The summed E-state index contributed by atoms with van der Waals surface area (Å²) in [5, 5.41) is 2.77. The number of hydrogen-bond donors (Lipinski definition) is 2. The molecule has 1 aromatic heterocycles. The summed E-state index contributed by atoms with van der Waals surface area (Å²) < 4.78 is 0.856. The van der Waals surface area contributed by atoms with Crippen molar-refractivity contribution < 1.29 is 4.79 Å². The normalized spacial score (nSPS) is 12.2. The first-order valence-corrected chi connectivity index (χ1v) is 5.52. The van der Waals surface area contributed by atoms with Crippen LogP contribution in [0.15, 0.2) is 22.8 Å². The Labute approximate surface area is 97.4 Å². The first-order chi connectivity index (χ1) is 7.13. The summed E-state index contributed by atoms with van der Waals surface area (Å²) in [6, 6.07) is 3.46. The Kier molecular flexibility index (Phi) is 4.71. The van der Waals surface area contributed by atoms with Gasteiger partial charge in [0.25, 0.3) is 5.91 Å². The number of rotatable bonds is 4. The van der Waals surface area contributed by atoms with E-state index < -0.39 is 0 Å². The zero-order valence-corrected chi connectivity index (χ0v) is 10.1. The number of hydrogen-bond acceptors (Lipinski definition) is 3. The van der Waals surface area contributed by atoms with Gasteiger partial charge in [0.05, 0.1) is 0 Å². The van der Waals surface area contributed by atoms with Crippen LogP contribution in [0.3, 0.4) is 0 Å². The average Bonchev–Trinajstić information content (AvgIpc) is 2.26. The van der Waals surface area contributed by atoms with Crippen LogP contribution < -0.4 is 11.1 Å². The number of amides is 1. The van der Waals surface area contributed by atoms with Gasteiger partial charge in [0.15, 0.2) is 0 Å². The highest BCUT2D eigenvalue weighted by molar-refractivity contribution is 9.10. The first kappa shape index (κ1) is 12.1. The van der Waals surface area contributed by atoms with Crippen LogP contribution in [-0.4, -0.2) is 24.0 Å². The lowest BCUT2D eigenvalue weighted by Gasteiger charge is -2.09. The van der Waals surface area contributed by atoms with Crippen molar-refractivity contribution in [1.29, 1.82) is 0 Å². The van der Waals surface area contributed by atoms with E-state index in [1.165, 1.54) is 0 Å². The fourth-order valence-electron chi connectivity index (χ4n) is 0.951. The second kappa shape index (κ2) is 5.82. The molecule has 0 saturated heterocycles. The second-order valence-corrected chi connectivity index (χ2v) is 4.33. The molecule has 1 amide bonds. The molecule has 4 nitrogen and oxygen atoms in total. The molecule has 1 heterocycles. The van der Waals surface area contributed by atoms with Gasteiger partial charge in [0.1, 0.15) is 5.69 Å². The van der Waals surface area contributed by atoms with Crippen LogP contribution in [0.1, 0.15) is 17.4 Å². The quantitative estimate of drug-likeness (QED) is 0.864. The van der Waals surface area contributed by atoms with Gasteiger partial charge in [-0.05, 0) is 40.5 Å². The summed E-state index contributed by atoms with van der Waals surface area (Å²) in [5.74, 6) is 0.118. The molecule has 0 radical (unpaired) electrons. The van der Waals surface area contributed by atoms with E-state index in [2.05, 4.69) is 26.2 Å². The Bertz CT molecular complexity index is 326. The maximum atomic E-state index is 11.5. The third-order valence-corrected chi connectivity index (χ3v) is 2.44. The summed E-state index contributed by atoms with van der Waals surface area (Å²) in [4.78, 5) is 15.5. The minimum atomic E-state index is -0.164. The molecule has 82 valence electrons. The number of nitrogens with one attached hydrogen (secondary N) is 1. The largest absolute Gasteiger partial charge is 0.350 e. The Morgan fingerprint density at radius 3 is 2.93 bits per heavy atom. The van der Waals surface area contributed by atoms with Gasteiger partial charge in [0, 0.05) is 17.2 Å². The topological polar surface area (TPSA) is 68.0 Å². The highest BCUT2D eigenvalue weighted by atomic mass is 79.9. The zero-order chi connectivity index (χ0) is 11.3. The molecular weight excluding hydrogens is 258 g/mol. The summed E-state index contributed by atoms with van der Waals surface area (Å²) in [6.07, 6.45) is 1.60. The summed E-state index contributed by atoms with van der Waals surface area (Å²) in [6.45, 7) is 3.12. The molecule has 15 heavy (non-hydrogen) atoms. The minimum Gasteiger partial charge on any atom is -0.350 e. The first-order valence-electron chi connectivity index (χ1n) is 4.73. The van der Waals surface area contributed by atoms with Crippen molar-refractivity contribution >= 4 is 21.8 Å². The van der Waals surface area contributed by atoms with Gasteiger partial charge in [-0.1, -0.05) is 6.92 Å². The molecule has 0 spiro atoms. The molecule has 0 saturated carbocycles. The van der Waals surface area contributed by atoms with E-state index in [1.54, 1.807) is 18.3 Å². The molecule has 1 aromatic rings. The van der Waals surface area contributed by atoms with Crippen molar-refractivity contribution in [2.45, 2.75) is 6.92 Å². The van der Waals surface area contributed by atoms with E-state index in [1.807, 2.05) is 6.92 Å². The van der Waals surface area contributed by atoms with E-state index in [4.69, 9.17) is 5.73 Å². The van der Waals surface area contributed by atoms with Crippen molar-refractivity contribution in [2.75, 3.05) is 13.1 Å². The number of carbonyl (C=O) groups is 1. The third kappa shape index (κ3) is 3.97. The van der Waals surface area contributed by atoms with Gasteiger partial charge >= 0.3 is 0 Å². The average molecular weight is 272 g/mol. The van der Waals surface area contributed by atoms with Gasteiger partial charge in [-0.2, -0.15) is 0 Å². The van der Waals surface area contributed by atoms with Crippen molar-refractivity contribution in [3.8, 4) is 0 Å². The van der Waals surface area contributed by atoms with E-state index in [0.717, 1.165) is 4.47 Å². The summed E-state index contributed by atoms with van der Waals surface area (Å²) in [5.41, 5.74) is 5.86. The fraction of sp³-hybridized carbons (Fsp3) is 0.400. The molecule has 0 aliphatic rings. The maximum Gasteiger partial charge on any atom is 0.269 e. The molecule has 0 aliphatic carbocycles. The number of pyridine rings is 1. The van der Waals surface area contributed by atoms with Gasteiger partial charge in [0.2, 0.25) is 0 Å². The van der Waals surface area contributed by atoms with E-state index >= 15 is 0 Å². The summed E-state index contributed by atoms with van der Waals surface area (Å²) in [7, 11) is 0. The molecule has 0 bridgehead atoms. The number of carbonyl (C=O) groups excluding carboxylic acids is 1. The highest BCUT2D eigenvalue weighted by Gasteiger charge is 2.07. The van der Waals surface area contributed by atoms with Crippen molar-refractivity contribution in [1.82, 2.24) is 10.3 Å². The standard InChI is InChI=1S/C10H14BrN3O/c1-7(4-12)5-14-10(15)9-3-2-8(11)6-13-9/h2-3,6-7H,4-5,12H2,1H3,(H,14,15). The monoisotopic (exact) mass is 271 g/mol. The predicted molar refractivity (Wildman–Crippen MR) is 62.5 cm³/mol. The van der Waals surface area contributed by atoms with Crippen LogP contribution in [-0.2, 0) is 0 Å². The van der Waals surface area contributed by atoms with Crippen LogP contribution >= 0.6 is 15.9 Å². The maximum absolute atomic E-state index is 11.5. The Balaban J connectivity index is 2.50. The minimum absolute atomic E-state index is 0.164. The highest BCUT2D eigenvalue weighted by Crippen LogP contribution is 2.07. The van der Waals surface area contributed by atoms with E-state index in [-0.39, 0.29) is 11.8 Å². The van der Waals surface area contributed by atoms with Crippen LogP contribution in [0.4, 0.5) is 0 Å². The van der Waals surface area contributed by atoms with Crippen molar-refractivity contribution in [3.63, 3.8) is 0 Å². The number of nitrogens with zero attached hydrogens (tertiary/aromatic N) is 1. The second-order valence-electron chi connectivity index (χ2n) is 3.41. The molecule has 0 aliphatic heterocycles. The van der Waals surface area contributed by atoms with E-state index in [0.29, 0.717) is 18.8 Å². The Morgan fingerprint density at radius 1 is 1.67 bits per heavy atom. The number of halogens is 1. The molecule has 3 N–H and O–H groups in total. The van der Waals surface area contributed by atoms with Crippen LogP contribution in [0.25, 0.3) is 0 Å². The van der Waals surface area contributed by atoms with Crippen LogP contribution in [0, 0.1) is 5.92 Å². The predicted octanol–water partition coefficient (Wildman–Crippen LogP) is 1.17. The van der Waals surface area contributed by atoms with Crippen molar-refractivity contribution in [3.05, 3.63) is 28.5 Å². The lowest BCUT2D eigenvalue weighted by atomic mass is 10.2. The molecule has 1 atom stereocenters. The fourth-order valence-corrected chi connectivity index (χ4v) is 1.19. The van der Waals surface area contributed by atoms with Gasteiger partial charge < -0.3 is 11.1 Å². The lowest BCUT2D eigenvalue weighted by Crippen LogP contribution is -2.31. The molecule has 1 rings (SSSR count). The van der Waals surface area contributed by atoms with Crippen molar-refractivity contribution in [2.24, 2.45) is 11.7 Å². The molecule has 1 unspecified atom stereocenters. The Hall–Kier alpha value is -0.940. The number of nitrogens with two attached hydrogens (primary N) is 1. The molecular formula is C10H14BrN3O. The molecule has 5 heteroatoms. The van der Waals surface area contributed by atoms with Gasteiger partial charge in [-0.25, -0.2) is 4.98 Å².